The molecular formula is C21H16N4O. The van der Waals surface area contributed by atoms with E-state index in [1.165, 1.54) is 0 Å². The van der Waals surface area contributed by atoms with Gasteiger partial charge in [0.2, 0.25) is 0 Å². The highest BCUT2D eigenvalue weighted by molar-refractivity contribution is 5.82. The molecule has 0 saturated heterocycles. The molecule has 0 spiro atoms. The van der Waals surface area contributed by atoms with Crippen molar-refractivity contribution in [2.45, 2.75) is 13.5 Å². The van der Waals surface area contributed by atoms with Crippen LogP contribution in [0.2, 0.25) is 0 Å². The Labute approximate surface area is 151 Å². The number of rotatable bonds is 4. The molecule has 4 aromatic rings. The van der Waals surface area contributed by atoms with Crippen LogP contribution in [0.3, 0.4) is 0 Å². The normalized spacial score (nSPS) is 10.6. The van der Waals surface area contributed by atoms with E-state index in [4.69, 9.17) is 4.74 Å². The first-order valence-electron chi connectivity index (χ1n) is 8.27. The Bertz CT molecular complexity index is 1110. The third-order valence-corrected chi connectivity index (χ3v) is 4.26. The molecule has 2 aromatic heterocycles. The molecule has 0 saturated carbocycles. The van der Waals surface area contributed by atoms with Crippen LogP contribution in [-0.4, -0.2) is 14.8 Å². The molecule has 0 radical (unpaired) electrons. The summed E-state index contributed by atoms with van der Waals surface area (Å²) in [5.41, 5.74) is 2.88. The van der Waals surface area contributed by atoms with Gasteiger partial charge in [-0.3, -0.25) is 4.98 Å². The fraction of sp³-hybridized carbons (Fsp3) is 0.0952. The van der Waals surface area contributed by atoms with Gasteiger partial charge in [-0.05, 0) is 42.6 Å². The van der Waals surface area contributed by atoms with Crippen LogP contribution in [0.15, 0.2) is 67.0 Å². The summed E-state index contributed by atoms with van der Waals surface area (Å²) in [4.78, 5) is 4.14. The molecule has 0 bridgehead atoms. The molecular weight excluding hydrogens is 324 g/mol. The summed E-state index contributed by atoms with van der Waals surface area (Å²) in [6.45, 7) is 2.09. The molecule has 4 rings (SSSR count). The Kier molecular flexibility index (Phi) is 4.08. The third kappa shape index (κ3) is 2.89. The van der Waals surface area contributed by atoms with Crippen LogP contribution in [-0.2, 0) is 6.61 Å². The topological polar surface area (TPSA) is 63.7 Å². The smallest absolute Gasteiger partial charge is 0.132 e. The lowest BCUT2D eigenvalue weighted by Gasteiger charge is -2.10. The van der Waals surface area contributed by atoms with Crippen LogP contribution in [0.5, 0.6) is 5.75 Å². The van der Waals surface area contributed by atoms with Gasteiger partial charge in [-0.25, -0.2) is 4.68 Å². The Morgan fingerprint density at radius 3 is 2.73 bits per heavy atom. The molecule has 2 aromatic carbocycles. The summed E-state index contributed by atoms with van der Waals surface area (Å²) in [5.74, 6) is 0.729. The summed E-state index contributed by atoms with van der Waals surface area (Å²) in [6.07, 6.45) is 3.57. The molecule has 0 fully saturated rings. The van der Waals surface area contributed by atoms with Crippen molar-refractivity contribution in [3.05, 3.63) is 83.9 Å². The summed E-state index contributed by atoms with van der Waals surface area (Å²) in [7, 11) is 0. The second kappa shape index (κ2) is 6.69. The highest BCUT2D eigenvalue weighted by Gasteiger charge is 2.17. The van der Waals surface area contributed by atoms with Crippen molar-refractivity contribution in [3.63, 3.8) is 0 Å². The van der Waals surface area contributed by atoms with Gasteiger partial charge >= 0.3 is 0 Å². The second-order valence-corrected chi connectivity index (χ2v) is 5.94. The van der Waals surface area contributed by atoms with Crippen molar-refractivity contribution >= 4 is 10.8 Å². The monoisotopic (exact) mass is 340 g/mol. The van der Waals surface area contributed by atoms with Crippen molar-refractivity contribution in [2.75, 3.05) is 0 Å². The SMILES string of the molecule is Cc1nn(-c2ccccc2)c(COc2ccc3ccncc3c2)c1C#N. The van der Waals surface area contributed by atoms with E-state index < -0.39 is 0 Å². The maximum Gasteiger partial charge on any atom is 0.132 e. The molecule has 0 aliphatic carbocycles. The maximum absolute atomic E-state index is 9.53. The van der Waals surface area contributed by atoms with E-state index in [1.54, 1.807) is 17.1 Å². The van der Waals surface area contributed by atoms with Crippen LogP contribution < -0.4 is 4.74 Å². The highest BCUT2D eigenvalue weighted by Crippen LogP contribution is 2.23. The molecule has 0 N–H and O–H groups in total. The minimum absolute atomic E-state index is 0.254. The Morgan fingerprint density at radius 1 is 1.08 bits per heavy atom. The van der Waals surface area contributed by atoms with Gasteiger partial charge in [0.1, 0.15) is 24.0 Å². The molecule has 0 aliphatic rings. The number of nitrogens with zero attached hydrogens (tertiary/aromatic N) is 4. The van der Waals surface area contributed by atoms with Crippen LogP contribution in [0.25, 0.3) is 16.5 Å². The number of nitriles is 1. The number of aromatic nitrogens is 3. The van der Waals surface area contributed by atoms with Gasteiger partial charge in [0.05, 0.1) is 17.1 Å². The zero-order chi connectivity index (χ0) is 17.9. The van der Waals surface area contributed by atoms with E-state index in [1.807, 2.05) is 61.5 Å². The van der Waals surface area contributed by atoms with E-state index in [-0.39, 0.29) is 6.61 Å². The summed E-state index contributed by atoms with van der Waals surface area (Å²) in [6, 6.07) is 19.8. The van der Waals surface area contributed by atoms with Crippen molar-refractivity contribution in [2.24, 2.45) is 0 Å². The summed E-state index contributed by atoms with van der Waals surface area (Å²) < 4.78 is 7.75. The third-order valence-electron chi connectivity index (χ3n) is 4.26. The predicted octanol–water partition coefficient (Wildman–Crippen LogP) is 4.18. The molecule has 5 heteroatoms. The van der Waals surface area contributed by atoms with Crippen LogP contribution in [0, 0.1) is 18.3 Å². The molecule has 2 heterocycles. The molecule has 26 heavy (non-hydrogen) atoms. The zero-order valence-electron chi connectivity index (χ0n) is 14.3. The van der Waals surface area contributed by atoms with Crippen molar-refractivity contribution in [1.29, 1.82) is 5.26 Å². The first kappa shape index (κ1) is 15.9. The number of aryl methyl sites for hydroxylation is 1. The number of fused-ring (bicyclic) bond motifs is 1. The largest absolute Gasteiger partial charge is 0.487 e. The van der Waals surface area contributed by atoms with E-state index >= 15 is 0 Å². The molecule has 0 aliphatic heterocycles. The molecule has 0 amide bonds. The lowest BCUT2D eigenvalue weighted by molar-refractivity contribution is 0.297. The van der Waals surface area contributed by atoms with Gasteiger partial charge < -0.3 is 4.74 Å². The Morgan fingerprint density at radius 2 is 1.92 bits per heavy atom. The highest BCUT2D eigenvalue weighted by atomic mass is 16.5. The Hall–Kier alpha value is -3.65. The van der Waals surface area contributed by atoms with Crippen LogP contribution in [0.1, 0.15) is 17.0 Å². The second-order valence-electron chi connectivity index (χ2n) is 5.94. The summed E-state index contributed by atoms with van der Waals surface area (Å²) >= 11 is 0. The lowest BCUT2D eigenvalue weighted by Crippen LogP contribution is -2.07. The van der Waals surface area contributed by atoms with E-state index in [0.29, 0.717) is 11.3 Å². The number of hydrogen-bond donors (Lipinski definition) is 0. The maximum atomic E-state index is 9.53. The van der Waals surface area contributed by atoms with Gasteiger partial charge in [-0.15, -0.1) is 0 Å². The van der Waals surface area contributed by atoms with Gasteiger partial charge in [0, 0.05) is 17.8 Å². The van der Waals surface area contributed by atoms with E-state index in [2.05, 4.69) is 16.2 Å². The van der Waals surface area contributed by atoms with Gasteiger partial charge in [-0.2, -0.15) is 10.4 Å². The summed E-state index contributed by atoms with van der Waals surface area (Å²) in [5, 5.41) is 16.2. The van der Waals surface area contributed by atoms with Crippen molar-refractivity contribution < 1.29 is 4.74 Å². The average molecular weight is 340 g/mol. The van der Waals surface area contributed by atoms with Gasteiger partial charge in [0.25, 0.3) is 0 Å². The number of ether oxygens (including phenoxy) is 1. The average Bonchev–Trinajstić information content (AvgIpc) is 3.02. The van der Waals surface area contributed by atoms with Gasteiger partial charge in [-0.1, -0.05) is 24.3 Å². The fourth-order valence-corrected chi connectivity index (χ4v) is 2.94. The molecule has 0 atom stereocenters. The molecule has 126 valence electrons. The standard InChI is InChI=1S/C21H16N4O/c1-15-20(12-22)21(25(24-15)18-5-3-2-4-6-18)14-26-19-8-7-16-9-10-23-13-17(16)11-19/h2-11,13H,14H2,1H3. The van der Waals surface area contributed by atoms with Crippen molar-refractivity contribution in [3.8, 4) is 17.5 Å². The number of benzene rings is 2. The minimum Gasteiger partial charge on any atom is -0.487 e. The predicted molar refractivity (Wildman–Crippen MR) is 99.1 cm³/mol. The fourth-order valence-electron chi connectivity index (χ4n) is 2.94. The van der Waals surface area contributed by atoms with E-state index in [9.17, 15) is 5.26 Å². The van der Waals surface area contributed by atoms with Crippen LogP contribution in [0.4, 0.5) is 0 Å². The first-order chi connectivity index (χ1) is 12.8. The molecule has 5 nitrogen and oxygen atoms in total. The quantitative estimate of drug-likeness (QED) is 0.559. The Balaban J connectivity index is 1.68. The zero-order valence-corrected chi connectivity index (χ0v) is 14.3. The minimum atomic E-state index is 0.254. The number of para-hydroxylation sites is 1. The lowest BCUT2D eigenvalue weighted by atomic mass is 10.2. The van der Waals surface area contributed by atoms with E-state index in [0.717, 1.165) is 27.9 Å². The number of pyridine rings is 1. The first-order valence-corrected chi connectivity index (χ1v) is 8.27. The van der Waals surface area contributed by atoms with Crippen LogP contribution >= 0.6 is 0 Å². The van der Waals surface area contributed by atoms with Gasteiger partial charge in [0.15, 0.2) is 0 Å². The van der Waals surface area contributed by atoms with Crippen molar-refractivity contribution in [1.82, 2.24) is 14.8 Å². The molecule has 0 unspecified atom stereocenters. The number of hydrogen-bond acceptors (Lipinski definition) is 4.